The minimum Gasteiger partial charge on any atom is -0.486 e. The molecule has 2 aromatic carbocycles. The Hall–Kier alpha value is -3.02. The summed E-state index contributed by atoms with van der Waals surface area (Å²) in [4.78, 5) is 22.8. The van der Waals surface area contributed by atoms with Crippen LogP contribution in [0.2, 0.25) is 0 Å². The molecule has 1 heterocycles. The van der Waals surface area contributed by atoms with Gasteiger partial charge in [-0.15, -0.1) is 0 Å². The minimum atomic E-state index is -0.998. The summed E-state index contributed by atoms with van der Waals surface area (Å²) in [6.45, 7) is 0.414. The van der Waals surface area contributed by atoms with Gasteiger partial charge >= 0.3 is 5.97 Å². The number of hydrogen-bond donors (Lipinski definition) is 2. The van der Waals surface area contributed by atoms with Gasteiger partial charge in [0, 0.05) is 12.1 Å². The largest absolute Gasteiger partial charge is 0.486 e. The zero-order chi connectivity index (χ0) is 16.9. The van der Waals surface area contributed by atoms with Gasteiger partial charge in [-0.3, -0.25) is 4.79 Å². The fraction of sp³-hybridized carbons (Fsp3) is 0.222. The van der Waals surface area contributed by atoms with E-state index >= 15 is 0 Å². The van der Waals surface area contributed by atoms with Crippen molar-refractivity contribution in [3.63, 3.8) is 0 Å². The quantitative estimate of drug-likeness (QED) is 0.882. The maximum absolute atomic E-state index is 12.0. The number of fused-ring (bicyclic) bond motifs is 1. The smallest absolute Gasteiger partial charge is 0.335 e. The van der Waals surface area contributed by atoms with Crippen LogP contribution in [0.25, 0.3) is 0 Å². The summed E-state index contributed by atoms with van der Waals surface area (Å²) in [5.74, 6) is 0.262. The molecule has 0 fully saturated rings. The van der Waals surface area contributed by atoms with Crippen molar-refractivity contribution in [1.82, 2.24) is 0 Å². The number of nitrogens with one attached hydrogen (secondary N) is 1. The number of carbonyl (C=O) groups is 2. The van der Waals surface area contributed by atoms with Crippen molar-refractivity contribution in [3.8, 4) is 11.5 Å². The van der Waals surface area contributed by atoms with Gasteiger partial charge in [-0.05, 0) is 42.8 Å². The van der Waals surface area contributed by atoms with Gasteiger partial charge in [-0.1, -0.05) is 12.1 Å². The van der Waals surface area contributed by atoms with Crippen LogP contribution in [0.1, 0.15) is 23.2 Å². The maximum atomic E-state index is 12.0. The van der Waals surface area contributed by atoms with E-state index in [2.05, 4.69) is 5.32 Å². The summed E-state index contributed by atoms with van der Waals surface area (Å²) in [6, 6.07) is 13.5. The third-order valence-electron chi connectivity index (χ3n) is 3.68. The second-order valence-electron chi connectivity index (χ2n) is 5.47. The number of rotatable bonds is 5. The lowest BCUT2D eigenvalue weighted by atomic mass is 10.1. The second kappa shape index (κ2) is 7.04. The van der Waals surface area contributed by atoms with Crippen LogP contribution in [0.4, 0.5) is 5.69 Å². The minimum absolute atomic E-state index is 0.152. The van der Waals surface area contributed by atoms with E-state index in [-0.39, 0.29) is 24.0 Å². The van der Waals surface area contributed by atoms with Crippen LogP contribution in [-0.4, -0.2) is 29.7 Å². The Morgan fingerprint density at radius 3 is 2.50 bits per heavy atom. The molecule has 0 spiro atoms. The average Bonchev–Trinajstić information content (AvgIpc) is 2.60. The molecule has 6 heteroatoms. The Morgan fingerprint density at radius 2 is 1.79 bits per heavy atom. The predicted molar refractivity (Wildman–Crippen MR) is 87.6 cm³/mol. The number of carbonyl (C=O) groups excluding carboxylic acids is 1. The predicted octanol–water partition coefficient (Wildman–Crippen LogP) is 2.94. The zero-order valence-corrected chi connectivity index (χ0v) is 12.9. The number of amides is 1. The van der Waals surface area contributed by atoms with Crippen LogP contribution < -0.4 is 14.8 Å². The van der Waals surface area contributed by atoms with E-state index < -0.39 is 5.97 Å². The molecular weight excluding hydrogens is 310 g/mol. The molecule has 0 saturated carbocycles. The fourth-order valence-corrected chi connectivity index (χ4v) is 2.42. The topological polar surface area (TPSA) is 84.9 Å². The molecule has 24 heavy (non-hydrogen) atoms. The van der Waals surface area contributed by atoms with Crippen LogP contribution in [0.5, 0.6) is 11.5 Å². The second-order valence-corrected chi connectivity index (χ2v) is 5.47. The number of para-hydroxylation sites is 2. The first-order valence-electron chi connectivity index (χ1n) is 7.63. The van der Waals surface area contributed by atoms with E-state index in [0.717, 1.165) is 5.75 Å². The van der Waals surface area contributed by atoms with Gasteiger partial charge in [0.15, 0.2) is 11.5 Å². The van der Waals surface area contributed by atoms with Crippen molar-refractivity contribution >= 4 is 17.6 Å². The van der Waals surface area contributed by atoms with Gasteiger partial charge in [-0.25, -0.2) is 4.79 Å². The monoisotopic (exact) mass is 327 g/mol. The standard InChI is InChI=1S/C18H17NO5/c20-17(19-13-7-5-12(6-8-13)18(21)22)10-9-14-11-23-15-3-1-2-4-16(15)24-14/h1-8,14H,9-11H2,(H,19,20)(H,21,22)/t14-/m0/s1. The van der Waals surface area contributed by atoms with Gasteiger partial charge in [0.05, 0.1) is 5.56 Å². The summed E-state index contributed by atoms with van der Waals surface area (Å²) in [5, 5.41) is 11.6. The zero-order valence-electron chi connectivity index (χ0n) is 12.9. The number of ether oxygens (including phenoxy) is 2. The molecule has 6 nitrogen and oxygen atoms in total. The summed E-state index contributed by atoms with van der Waals surface area (Å²) in [7, 11) is 0. The molecule has 3 rings (SSSR count). The first-order chi connectivity index (χ1) is 11.6. The maximum Gasteiger partial charge on any atom is 0.335 e. The van der Waals surface area contributed by atoms with Crippen molar-refractivity contribution in [2.45, 2.75) is 18.9 Å². The number of hydrogen-bond acceptors (Lipinski definition) is 4. The molecule has 1 aliphatic heterocycles. The molecule has 0 saturated heterocycles. The van der Waals surface area contributed by atoms with Crippen molar-refractivity contribution in [2.24, 2.45) is 0 Å². The molecule has 0 unspecified atom stereocenters. The van der Waals surface area contributed by atoms with E-state index in [9.17, 15) is 9.59 Å². The Bertz CT molecular complexity index is 741. The first-order valence-corrected chi connectivity index (χ1v) is 7.63. The molecule has 0 aromatic heterocycles. The highest BCUT2D eigenvalue weighted by Gasteiger charge is 2.21. The summed E-state index contributed by atoms with van der Waals surface area (Å²) in [5.41, 5.74) is 0.746. The van der Waals surface area contributed by atoms with Gasteiger partial charge in [0.1, 0.15) is 12.7 Å². The van der Waals surface area contributed by atoms with E-state index in [1.165, 1.54) is 12.1 Å². The molecule has 2 N–H and O–H groups in total. The normalized spacial score (nSPS) is 15.6. The lowest BCUT2D eigenvalue weighted by Gasteiger charge is -2.26. The molecule has 0 bridgehead atoms. The lowest BCUT2D eigenvalue weighted by Crippen LogP contribution is -2.30. The Morgan fingerprint density at radius 1 is 1.08 bits per heavy atom. The Kier molecular flexibility index (Phi) is 4.65. The number of aromatic carboxylic acids is 1. The highest BCUT2D eigenvalue weighted by Crippen LogP contribution is 2.31. The van der Waals surface area contributed by atoms with Gasteiger partial charge in [-0.2, -0.15) is 0 Å². The van der Waals surface area contributed by atoms with Crippen LogP contribution in [-0.2, 0) is 4.79 Å². The van der Waals surface area contributed by atoms with E-state index in [1.807, 2.05) is 24.3 Å². The van der Waals surface area contributed by atoms with Gasteiger partial charge < -0.3 is 19.9 Å². The third kappa shape index (κ3) is 3.84. The van der Waals surface area contributed by atoms with Crippen LogP contribution in [0.3, 0.4) is 0 Å². The number of carboxylic acids is 1. The summed E-state index contributed by atoms with van der Waals surface area (Å²) < 4.78 is 11.4. The van der Waals surface area contributed by atoms with Crippen molar-refractivity contribution in [3.05, 3.63) is 54.1 Å². The molecule has 1 amide bonds. The van der Waals surface area contributed by atoms with Crippen molar-refractivity contribution in [2.75, 3.05) is 11.9 Å². The number of benzene rings is 2. The Labute approximate surface area is 139 Å². The first kappa shape index (κ1) is 15.9. The molecule has 1 aliphatic rings. The van der Waals surface area contributed by atoms with Crippen molar-refractivity contribution < 1.29 is 24.2 Å². The summed E-state index contributed by atoms with van der Waals surface area (Å²) >= 11 is 0. The average molecular weight is 327 g/mol. The van der Waals surface area contributed by atoms with E-state index in [1.54, 1.807) is 12.1 Å². The van der Waals surface area contributed by atoms with Gasteiger partial charge in [0.2, 0.25) is 5.91 Å². The van der Waals surface area contributed by atoms with Crippen LogP contribution in [0, 0.1) is 0 Å². The van der Waals surface area contributed by atoms with E-state index in [0.29, 0.717) is 24.5 Å². The molecular formula is C18H17NO5. The molecule has 2 aromatic rings. The van der Waals surface area contributed by atoms with E-state index in [4.69, 9.17) is 14.6 Å². The summed E-state index contributed by atoms with van der Waals surface area (Å²) in [6.07, 6.45) is 0.657. The fourth-order valence-electron chi connectivity index (χ4n) is 2.42. The number of anilines is 1. The third-order valence-corrected chi connectivity index (χ3v) is 3.68. The van der Waals surface area contributed by atoms with Crippen LogP contribution in [0.15, 0.2) is 48.5 Å². The molecule has 1 atom stereocenters. The van der Waals surface area contributed by atoms with Crippen LogP contribution >= 0.6 is 0 Å². The molecule has 0 radical (unpaired) electrons. The van der Waals surface area contributed by atoms with Gasteiger partial charge in [0.25, 0.3) is 0 Å². The molecule has 0 aliphatic carbocycles. The highest BCUT2D eigenvalue weighted by atomic mass is 16.6. The van der Waals surface area contributed by atoms with Crippen molar-refractivity contribution in [1.29, 1.82) is 0 Å². The SMILES string of the molecule is O=C(CC[C@H]1COc2ccccc2O1)Nc1ccc(C(=O)O)cc1. The Balaban J connectivity index is 1.48. The highest BCUT2D eigenvalue weighted by molar-refractivity contribution is 5.92. The number of carboxylic acid groups (broad SMARTS) is 1. The lowest BCUT2D eigenvalue weighted by molar-refractivity contribution is -0.116. The molecule has 124 valence electrons.